The Morgan fingerprint density at radius 2 is 2.11 bits per heavy atom. The summed E-state index contributed by atoms with van der Waals surface area (Å²) < 4.78 is 5.68. The van der Waals surface area contributed by atoms with Gasteiger partial charge in [-0.15, -0.1) is 0 Å². The van der Waals surface area contributed by atoms with Gasteiger partial charge < -0.3 is 9.40 Å². The van der Waals surface area contributed by atoms with E-state index in [0.717, 1.165) is 22.4 Å². The van der Waals surface area contributed by atoms with Crippen molar-refractivity contribution in [3.05, 3.63) is 70.6 Å². The van der Waals surface area contributed by atoms with Gasteiger partial charge in [0.05, 0.1) is 22.2 Å². The molecule has 0 amide bonds. The topological polar surface area (TPSA) is 122 Å². The third-order valence-electron chi connectivity index (χ3n) is 3.50. The van der Waals surface area contributed by atoms with Gasteiger partial charge >= 0.3 is 0 Å². The Balaban J connectivity index is 1.38. The van der Waals surface area contributed by atoms with E-state index >= 15 is 0 Å². The number of nitrogens with one attached hydrogen (secondary N) is 2. The zero-order valence-corrected chi connectivity index (χ0v) is 14.5. The van der Waals surface area contributed by atoms with Gasteiger partial charge in [-0.25, -0.2) is 9.97 Å². The van der Waals surface area contributed by atoms with Crippen molar-refractivity contribution in [3.8, 4) is 0 Å². The standard InChI is InChI=1S/C17H12N6O3S/c24-23(25)11-5-7-15(18-9-11)22-19-10-12-6-8-16(26-12)27-17-20-13-3-1-2-4-14(13)21-17/h1-10H,(H,18,22)(H,20,21)/b19-10+. The molecule has 0 unspecified atom stereocenters. The van der Waals surface area contributed by atoms with E-state index < -0.39 is 4.92 Å². The Labute approximate surface area is 156 Å². The van der Waals surface area contributed by atoms with Crippen LogP contribution in [0.5, 0.6) is 0 Å². The third kappa shape index (κ3) is 3.96. The Bertz CT molecular complexity index is 1090. The number of aromatic nitrogens is 3. The molecule has 0 bridgehead atoms. The van der Waals surface area contributed by atoms with E-state index in [1.807, 2.05) is 30.3 Å². The highest BCUT2D eigenvalue weighted by molar-refractivity contribution is 7.99. The van der Waals surface area contributed by atoms with Gasteiger partial charge in [-0.3, -0.25) is 15.5 Å². The highest BCUT2D eigenvalue weighted by Gasteiger charge is 2.08. The van der Waals surface area contributed by atoms with E-state index in [4.69, 9.17) is 4.42 Å². The Morgan fingerprint density at radius 1 is 1.22 bits per heavy atom. The Hall–Kier alpha value is -3.66. The first-order valence-electron chi connectivity index (χ1n) is 7.79. The molecule has 3 heterocycles. The van der Waals surface area contributed by atoms with Crippen LogP contribution in [0.3, 0.4) is 0 Å². The number of benzene rings is 1. The summed E-state index contributed by atoms with van der Waals surface area (Å²) in [7, 11) is 0. The van der Waals surface area contributed by atoms with Crippen LogP contribution in [0.4, 0.5) is 11.5 Å². The highest BCUT2D eigenvalue weighted by Crippen LogP contribution is 2.28. The van der Waals surface area contributed by atoms with Crippen molar-refractivity contribution < 1.29 is 9.34 Å². The fraction of sp³-hybridized carbons (Fsp3) is 0. The molecule has 9 nitrogen and oxygen atoms in total. The van der Waals surface area contributed by atoms with Crippen LogP contribution >= 0.6 is 11.8 Å². The quantitative estimate of drug-likeness (QED) is 0.294. The number of imidazole rings is 1. The summed E-state index contributed by atoms with van der Waals surface area (Å²) in [5.41, 5.74) is 4.47. The maximum atomic E-state index is 10.6. The smallest absolute Gasteiger partial charge is 0.287 e. The molecule has 0 fully saturated rings. The van der Waals surface area contributed by atoms with Crippen molar-refractivity contribution >= 4 is 40.5 Å². The van der Waals surface area contributed by atoms with Gasteiger partial charge in [-0.2, -0.15) is 5.10 Å². The molecule has 0 saturated carbocycles. The van der Waals surface area contributed by atoms with E-state index in [-0.39, 0.29) is 5.69 Å². The molecule has 27 heavy (non-hydrogen) atoms. The number of anilines is 1. The number of hydrogen-bond donors (Lipinski definition) is 2. The molecule has 4 aromatic rings. The fourth-order valence-electron chi connectivity index (χ4n) is 2.25. The summed E-state index contributed by atoms with van der Waals surface area (Å²) >= 11 is 1.38. The van der Waals surface area contributed by atoms with Crippen molar-refractivity contribution in [1.29, 1.82) is 0 Å². The number of furan rings is 1. The highest BCUT2D eigenvalue weighted by atomic mass is 32.2. The van der Waals surface area contributed by atoms with Crippen molar-refractivity contribution in [1.82, 2.24) is 15.0 Å². The molecule has 0 aliphatic carbocycles. The first-order chi connectivity index (χ1) is 13.2. The molecule has 4 rings (SSSR count). The summed E-state index contributed by atoms with van der Waals surface area (Å²) in [5.74, 6) is 0.934. The number of aromatic amines is 1. The van der Waals surface area contributed by atoms with Crippen LogP contribution in [-0.4, -0.2) is 26.1 Å². The molecule has 134 valence electrons. The molecule has 3 aromatic heterocycles. The van der Waals surface area contributed by atoms with E-state index in [0.29, 0.717) is 16.7 Å². The fourth-order valence-corrected chi connectivity index (χ4v) is 3.02. The van der Waals surface area contributed by atoms with Crippen LogP contribution in [0, 0.1) is 10.1 Å². The van der Waals surface area contributed by atoms with Crippen molar-refractivity contribution in [2.45, 2.75) is 10.2 Å². The van der Waals surface area contributed by atoms with E-state index in [2.05, 4.69) is 25.5 Å². The second-order valence-corrected chi connectivity index (χ2v) is 6.34. The molecular weight excluding hydrogens is 368 g/mol. The maximum Gasteiger partial charge on any atom is 0.287 e. The third-order valence-corrected chi connectivity index (χ3v) is 4.30. The average molecular weight is 380 g/mol. The molecule has 0 aliphatic rings. The SMILES string of the molecule is O=[N+]([O-])c1ccc(N/N=C/c2ccc(Sc3nc4ccccc4[nH]3)o2)nc1. The average Bonchev–Trinajstić information content (AvgIpc) is 3.28. The Kier molecular flexibility index (Phi) is 4.54. The lowest BCUT2D eigenvalue weighted by molar-refractivity contribution is -0.385. The van der Waals surface area contributed by atoms with Gasteiger partial charge in [0.25, 0.3) is 5.69 Å². The number of para-hydroxylation sites is 2. The number of H-pyrrole nitrogens is 1. The number of hydrogen-bond acceptors (Lipinski definition) is 8. The van der Waals surface area contributed by atoms with Gasteiger partial charge in [-0.05, 0) is 42.1 Å². The minimum atomic E-state index is -0.510. The summed E-state index contributed by atoms with van der Waals surface area (Å²) in [5, 5.41) is 16.0. The van der Waals surface area contributed by atoms with Crippen molar-refractivity contribution in [3.63, 3.8) is 0 Å². The number of pyridine rings is 1. The Morgan fingerprint density at radius 3 is 2.89 bits per heavy atom. The predicted molar refractivity (Wildman–Crippen MR) is 101 cm³/mol. The summed E-state index contributed by atoms with van der Waals surface area (Å²) in [4.78, 5) is 21.7. The van der Waals surface area contributed by atoms with Gasteiger partial charge in [0.15, 0.2) is 10.2 Å². The molecule has 0 saturated heterocycles. The van der Waals surface area contributed by atoms with Gasteiger partial charge in [-0.1, -0.05) is 12.1 Å². The van der Waals surface area contributed by atoms with E-state index in [1.54, 1.807) is 6.07 Å². The van der Waals surface area contributed by atoms with E-state index in [1.165, 1.54) is 30.1 Å². The lowest BCUT2D eigenvalue weighted by Gasteiger charge is -1.97. The molecule has 10 heteroatoms. The predicted octanol–water partition coefficient (Wildman–Crippen LogP) is 4.06. The number of fused-ring (bicyclic) bond motifs is 1. The van der Waals surface area contributed by atoms with Crippen LogP contribution in [-0.2, 0) is 0 Å². The first-order valence-corrected chi connectivity index (χ1v) is 8.61. The molecule has 0 spiro atoms. The lowest BCUT2D eigenvalue weighted by Crippen LogP contribution is -1.94. The molecule has 1 aromatic carbocycles. The van der Waals surface area contributed by atoms with E-state index in [9.17, 15) is 10.1 Å². The summed E-state index contributed by atoms with van der Waals surface area (Å²) in [6.07, 6.45) is 2.65. The van der Waals surface area contributed by atoms with Gasteiger partial charge in [0.2, 0.25) is 0 Å². The monoisotopic (exact) mass is 380 g/mol. The molecule has 0 atom stereocenters. The van der Waals surface area contributed by atoms with Gasteiger partial charge in [0.1, 0.15) is 17.8 Å². The number of nitro groups is 1. The second kappa shape index (κ2) is 7.30. The van der Waals surface area contributed by atoms with Gasteiger partial charge in [0, 0.05) is 6.07 Å². The normalized spacial score (nSPS) is 11.3. The molecule has 0 radical (unpaired) electrons. The zero-order chi connectivity index (χ0) is 18.6. The van der Waals surface area contributed by atoms with Crippen LogP contribution in [0.15, 0.2) is 74.5 Å². The number of hydrazone groups is 1. The zero-order valence-electron chi connectivity index (χ0n) is 13.7. The van der Waals surface area contributed by atoms with Crippen molar-refractivity contribution in [2.75, 3.05) is 5.43 Å². The first kappa shape index (κ1) is 16.8. The summed E-state index contributed by atoms with van der Waals surface area (Å²) in [6, 6.07) is 14.2. The molecular formula is C17H12N6O3S. The maximum absolute atomic E-state index is 10.6. The summed E-state index contributed by atoms with van der Waals surface area (Å²) in [6.45, 7) is 0. The largest absolute Gasteiger partial charge is 0.448 e. The van der Waals surface area contributed by atoms with Crippen LogP contribution in [0.25, 0.3) is 11.0 Å². The van der Waals surface area contributed by atoms with Crippen LogP contribution in [0.2, 0.25) is 0 Å². The van der Waals surface area contributed by atoms with Crippen LogP contribution in [0.1, 0.15) is 5.76 Å². The number of nitrogens with zero attached hydrogens (tertiary/aromatic N) is 4. The molecule has 2 N–H and O–H groups in total. The molecule has 0 aliphatic heterocycles. The lowest BCUT2D eigenvalue weighted by atomic mass is 10.3. The van der Waals surface area contributed by atoms with Crippen LogP contribution < -0.4 is 5.43 Å². The minimum Gasteiger partial charge on any atom is -0.448 e. The minimum absolute atomic E-state index is 0.0807. The second-order valence-electron chi connectivity index (χ2n) is 5.35. The van der Waals surface area contributed by atoms with Crippen molar-refractivity contribution in [2.24, 2.45) is 5.10 Å². The number of rotatable bonds is 6.